The second-order valence-electron chi connectivity index (χ2n) is 5.73. The molecule has 17 heavy (non-hydrogen) atoms. The number of hydrogen-bond donors (Lipinski definition) is 3. The summed E-state index contributed by atoms with van der Waals surface area (Å²) >= 11 is 0. The van der Waals surface area contributed by atoms with Crippen LogP contribution >= 0.6 is 0 Å². The highest BCUT2D eigenvalue weighted by atomic mass is 16.4. The fraction of sp³-hybridized carbons (Fsp3) is 0.833. The van der Waals surface area contributed by atoms with E-state index in [4.69, 9.17) is 10.8 Å². The van der Waals surface area contributed by atoms with Gasteiger partial charge in [0, 0.05) is 6.54 Å². The quantitative estimate of drug-likeness (QED) is 0.672. The van der Waals surface area contributed by atoms with Crippen LogP contribution in [0.2, 0.25) is 0 Å². The molecule has 0 fully saturated rings. The zero-order valence-electron chi connectivity index (χ0n) is 11.3. The van der Waals surface area contributed by atoms with Gasteiger partial charge in [0.25, 0.3) is 0 Å². The van der Waals surface area contributed by atoms with Gasteiger partial charge in [-0.15, -0.1) is 0 Å². The van der Waals surface area contributed by atoms with E-state index in [2.05, 4.69) is 5.32 Å². The fourth-order valence-electron chi connectivity index (χ4n) is 1.35. The summed E-state index contributed by atoms with van der Waals surface area (Å²) in [4.78, 5) is 23.2. The standard InChI is InChI=1S/C12H24N2O3/c1-6-12(5,7-13)10(17)14-8(9(15)16)11(2,3)4/h8H,6-7,13H2,1-5H3,(H,14,17)(H,15,16)/t8-,12?/m0/s1. The number of rotatable bonds is 5. The average Bonchev–Trinajstić information content (AvgIpc) is 2.22. The van der Waals surface area contributed by atoms with Gasteiger partial charge < -0.3 is 16.2 Å². The van der Waals surface area contributed by atoms with E-state index in [1.165, 1.54) is 0 Å². The zero-order valence-corrected chi connectivity index (χ0v) is 11.3. The summed E-state index contributed by atoms with van der Waals surface area (Å²) < 4.78 is 0. The van der Waals surface area contributed by atoms with Gasteiger partial charge in [-0.05, 0) is 18.8 Å². The lowest BCUT2D eigenvalue weighted by Gasteiger charge is -2.32. The van der Waals surface area contributed by atoms with E-state index in [1.807, 2.05) is 6.92 Å². The number of carboxylic acid groups (broad SMARTS) is 1. The molecule has 100 valence electrons. The molecule has 0 saturated heterocycles. The van der Waals surface area contributed by atoms with Gasteiger partial charge in [0.2, 0.25) is 5.91 Å². The molecule has 4 N–H and O–H groups in total. The molecule has 1 unspecified atom stereocenters. The molecule has 5 heteroatoms. The largest absolute Gasteiger partial charge is 0.480 e. The first-order valence-corrected chi connectivity index (χ1v) is 5.82. The molecule has 0 heterocycles. The third-order valence-corrected chi connectivity index (χ3v) is 3.17. The molecule has 0 aromatic rings. The van der Waals surface area contributed by atoms with E-state index in [0.29, 0.717) is 6.42 Å². The zero-order chi connectivity index (χ0) is 13.9. The summed E-state index contributed by atoms with van der Waals surface area (Å²) in [5.74, 6) is -1.33. The van der Waals surface area contributed by atoms with Crippen molar-refractivity contribution in [3.63, 3.8) is 0 Å². The third-order valence-electron chi connectivity index (χ3n) is 3.17. The lowest BCUT2D eigenvalue weighted by Crippen LogP contribution is -2.54. The van der Waals surface area contributed by atoms with Crippen LogP contribution in [0.5, 0.6) is 0 Å². The van der Waals surface area contributed by atoms with E-state index in [0.717, 1.165) is 0 Å². The maximum atomic E-state index is 12.0. The average molecular weight is 244 g/mol. The Morgan fingerprint density at radius 3 is 2.00 bits per heavy atom. The molecule has 0 bridgehead atoms. The van der Waals surface area contributed by atoms with Crippen LogP contribution in [0.4, 0.5) is 0 Å². The number of hydrogen-bond acceptors (Lipinski definition) is 3. The van der Waals surface area contributed by atoms with Crippen molar-refractivity contribution in [2.75, 3.05) is 6.54 Å². The Morgan fingerprint density at radius 2 is 1.76 bits per heavy atom. The number of nitrogens with one attached hydrogen (secondary N) is 1. The Labute approximate surface area is 103 Å². The number of carbonyl (C=O) groups is 2. The minimum atomic E-state index is -1.03. The number of nitrogens with two attached hydrogens (primary N) is 1. The number of aliphatic carboxylic acids is 1. The molecule has 0 aliphatic rings. The molecule has 0 radical (unpaired) electrons. The predicted molar refractivity (Wildman–Crippen MR) is 66.5 cm³/mol. The van der Waals surface area contributed by atoms with Gasteiger partial charge in [0.15, 0.2) is 0 Å². The molecular formula is C12H24N2O3. The summed E-state index contributed by atoms with van der Waals surface area (Å²) in [6.45, 7) is 9.13. The SMILES string of the molecule is CCC(C)(CN)C(=O)N[C@@H](C(=O)O)C(C)(C)C. The molecule has 0 saturated carbocycles. The molecule has 0 aromatic carbocycles. The Kier molecular flexibility index (Phi) is 5.13. The van der Waals surface area contributed by atoms with E-state index < -0.39 is 22.8 Å². The third kappa shape index (κ3) is 4.00. The second-order valence-corrected chi connectivity index (χ2v) is 5.73. The van der Waals surface area contributed by atoms with Crippen LogP contribution < -0.4 is 11.1 Å². The molecule has 1 amide bonds. The van der Waals surface area contributed by atoms with Crippen molar-refractivity contribution < 1.29 is 14.7 Å². The van der Waals surface area contributed by atoms with E-state index in [9.17, 15) is 9.59 Å². The lowest BCUT2D eigenvalue weighted by atomic mass is 9.83. The summed E-state index contributed by atoms with van der Waals surface area (Å²) in [5, 5.41) is 11.7. The lowest BCUT2D eigenvalue weighted by molar-refractivity contribution is -0.146. The van der Waals surface area contributed by atoms with E-state index in [-0.39, 0.29) is 12.5 Å². The summed E-state index contributed by atoms with van der Waals surface area (Å²) in [6.07, 6.45) is 0.575. The van der Waals surface area contributed by atoms with Gasteiger partial charge in [-0.25, -0.2) is 4.79 Å². The molecule has 0 aromatic heterocycles. The maximum Gasteiger partial charge on any atom is 0.326 e. The highest BCUT2D eigenvalue weighted by Crippen LogP contribution is 2.23. The second kappa shape index (κ2) is 5.49. The Hall–Kier alpha value is -1.10. The molecule has 5 nitrogen and oxygen atoms in total. The maximum absolute atomic E-state index is 12.0. The Morgan fingerprint density at radius 1 is 1.29 bits per heavy atom. The van der Waals surface area contributed by atoms with Crippen LogP contribution in [0.15, 0.2) is 0 Å². The van der Waals surface area contributed by atoms with Crippen LogP contribution in [0.3, 0.4) is 0 Å². The van der Waals surface area contributed by atoms with Crippen LogP contribution in [-0.4, -0.2) is 29.6 Å². The molecule has 0 spiro atoms. The Balaban J connectivity index is 4.92. The van der Waals surface area contributed by atoms with Gasteiger partial charge in [0.1, 0.15) is 6.04 Å². The molecule has 0 rings (SSSR count). The first kappa shape index (κ1) is 15.9. The first-order chi connectivity index (χ1) is 7.58. The fourth-order valence-corrected chi connectivity index (χ4v) is 1.35. The summed E-state index contributed by atoms with van der Waals surface area (Å²) in [6, 6.07) is -0.910. The van der Waals surface area contributed by atoms with Crippen molar-refractivity contribution in [2.24, 2.45) is 16.6 Å². The van der Waals surface area contributed by atoms with Gasteiger partial charge in [-0.1, -0.05) is 27.7 Å². The van der Waals surface area contributed by atoms with Gasteiger partial charge in [0.05, 0.1) is 5.41 Å². The van der Waals surface area contributed by atoms with Crippen molar-refractivity contribution in [3.05, 3.63) is 0 Å². The van der Waals surface area contributed by atoms with Crippen LogP contribution in [0.1, 0.15) is 41.0 Å². The van der Waals surface area contributed by atoms with Gasteiger partial charge >= 0.3 is 5.97 Å². The Bertz CT molecular complexity index is 291. The minimum Gasteiger partial charge on any atom is -0.480 e. The van der Waals surface area contributed by atoms with Crippen LogP contribution in [0.25, 0.3) is 0 Å². The first-order valence-electron chi connectivity index (χ1n) is 5.82. The number of carbonyl (C=O) groups excluding carboxylic acids is 1. The van der Waals surface area contributed by atoms with Gasteiger partial charge in [-0.2, -0.15) is 0 Å². The van der Waals surface area contributed by atoms with E-state index in [1.54, 1.807) is 27.7 Å². The molecule has 2 atom stereocenters. The van der Waals surface area contributed by atoms with Crippen molar-refractivity contribution in [2.45, 2.75) is 47.1 Å². The van der Waals surface area contributed by atoms with Crippen molar-refractivity contribution in [1.82, 2.24) is 5.32 Å². The normalized spacial score (nSPS) is 17.1. The molecule has 0 aliphatic carbocycles. The monoisotopic (exact) mass is 244 g/mol. The van der Waals surface area contributed by atoms with Gasteiger partial charge in [-0.3, -0.25) is 4.79 Å². The summed E-state index contributed by atoms with van der Waals surface area (Å²) in [5.41, 5.74) is 4.32. The molecular weight excluding hydrogens is 220 g/mol. The predicted octanol–water partition coefficient (Wildman–Crippen LogP) is 0.977. The van der Waals surface area contributed by atoms with Crippen LogP contribution in [-0.2, 0) is 9.59 Å². The summed E-state index contributed by atoms with van der Waals surface area (Å²) in [7, 11) is 0. The van der Waals surface area contributed by atoms with E-state index >= 15 is 0 Å². The molecule has 0 aliphatic heterocycles. The van der Waals surface area contributed by atoms with Crippen molar-refractivity contribution in [3.8, 4) is 0 Å². The number of carboxylic acids is 1. The highest BCUT2D eigenvalue weighted by molar-refractivity contribution is 5.87. The van der Waals surface area contributed by atoms with Crippen molar-refractivity contribution >= 4 is 11.9 Å². The highest BCUT2D eigenvalue weighted by Gasteiger charge is 2.37. The number of amides is 1. The van der Waals surface area contributed by atoms with Crippen LogP contribution in [0, 0.1) is 10.8 Å². The topological polar surface area (TPSA) is 92.4 Å². The minimum absolute atomic E-state index is 0.200. The van der Waals surface area contributed by atoms with Crippen molar-refractivity contribution in [1.29, 1.82) is 0 Å². The smallest absolute Gasteiger partial charge is 0.326 e.